The summed E-state index contributed by atoms with van der Waals surface area (Å²) in [6, 6.07) is 19.8. The van der Waals surface area contributed by atoms with Crippen LogP contribution in [0.25, 0.3) is 0 Å². The van der Waals surface area contributed by atoms with E-state index in [9.17, 15) is 9.90 Å². The van der Waals surface area contributed by atoms with Crippen LogP contribution in [0.2, 0.25) is 0 Å². The van der Waals surface area contributed by atoms with Gasteiger partial charge in [-0.2, -0.15) is 0 Å². The van der Waals surface area contributed by atoms with Gasteiger partial charge in [-0.3, -0.25) is 0 Å². The van der Waals surface area contributed by atoms with Crippen molar-refractivity contribution in [3.63, 3.8) is 0 Å². The molecule has 2 aromatic rings. The van der Waals surface area contributed by atoms with Gasteiger partial charge in [-0.25, -0.2) is 4.79 Å². The van der Waals surface area contributed by atoms with Gasteiger partial charge in [0.05, 0.1) is 0 Å². The fourth-order valence-corrected chi connectivity index (χ4v) is 4.95. The van der Waals surface area contributed by atoms with Crippen molar-refractivity contribution < 1.29 is 24.1 Å². The molecule has 6 nitrogen and oxygen atoms in total. The number of aliphatic hydroxyl groups excluding tert-OH is 1. The number of nitrogens with zero attached hydrogens (tertiary/aromatic N) is 1. The Morgan fingerprint density at radius 1 is 1.06 bits per heavy atom. The molecule has 0 aromatic heterocycles. The first kappa shape index (κ1) is 24.7. The Morgan fingerprint density at radius 2 is 1.74 bits per heavy atom. The maximum absolute atomic E-state index is 13.5. The molecule has 2 heterocycles. The van der Waals surface area contributed by atoms with Crippen molar-refractivity contribution in [3.8, 4) is 0 Å². The zero-order valence-corrected chi connectivity index (χ0v) is 20.8. The van der Waals surface area contributed by atoms with Crippen molar-refractivity contribution in [2.45, 2.75) is 52.1 Å². The van der Waals surface area contributed by atoms with Crippen LogP contribution >= 0.6 is 0 Å². The van der Waals surface area contributed by atoms with E-state index in [1.807, 2.05) is 74.2 Å². The largest absolute Gasteiger partial charge is 0.510 e. The van der Waals surface area contributed by atoms with Crippen molar-refractivity contribution in [2.75, 3.05) is 18.2 Å². The van der Waals surface area contributed by atoms with Crippen LogP contribution < -0.4 is 4.90 Å². The van der Waals surface area contributed by atoms with E-state index in [0.29, 0.717) is 19.4 Å². The number of anilines is 1. The van der Waals surface area contributed by atoms with E-state index in [0.717, 1.165) is 23.4 Å². The Hall–Kier alpha value is -3.41. The quantitative estimate of drug-likeness (QED) is 0.417. The number of allylic oxidation sites excluding steroid dienone is 1. The van der Waals surface area contributed by atoms with Crippen LogP contribution in [0.1, 0.15) is 45.6 Å². The third-order valence-electron chi connectivity index (χ3n) is 6.88. The van der Waals surface area contributed by atoms with Crippen LogP contribution in [0.15, 0.2) is 84.1 Å². The summed E-state index contributed by atoms with van der Waals surface area (Å²) in [5.41, 5.74) is 1.38. The van der Waals surface area contributed by atoms with Crippen molar-refractivity contribution in [3.05, 3.63) is 89.7 Å². The second kappa shape index (κ2) is 10.9. The number of hydrogen-bond donors (Lipinski definition) is 1. The summed E-state index contributed by atoms with van der Waals surface area (Å²) in [6.07, 6.45) is 3.95. The van der Waals surface area contributed by atoms with E-state index in [4.69, 9.17) is 14.2 Å². The molecule has 2 aliphatic rings. The van der Waals surface area contributed by atoms with Gasteiger partial charge in [-0.1, -0.05) is 69.3 Å². The molecular formula is C29H35NO5. The van der Waals surface area contributed by atoms with Gasteiger partial charge < -0.3 is 24.2 Å². The number of rotatable bonds is 10. The van der Waals surface area contributed by atoms with Gasteiger partial charge in [0.15, 0.2) is 5.70 Å². The van der Waals surface area contributed by atoms with Crippen LogP contribution in [0.4, 0.5) is 5.69 Å². The zero-order chi connectivity index (χ0) is 24.8. The normalized spacial score (nSPS) is 20.7. The smallest absolute Gasteiger partial charge is 0.359 e. The molecule has 0 fully saturated rings. The average molecular weight is 478 g/mol. The van der Waals surface area contributed by atoms with Gasteiger partial charge in [-0.15, -0.1) is 0 Å². The number of ether oxygens (including phenoxy) is 3. The molecule has 0 aliphatic carbocycles. The third kappa shape index (κ3) is 5.47. The molecule has 0 radical (unpaired) electrons. The first-order chi connectivity index (χ1) is 16.9. The fraction of sp³-hybridized carbons (Fsp3) is 0.414. The molecule has 2 unspecified atom stereocenters. The number of carbonyl (C=O) groups excluding carboxylic acids is 1. The molecule has 0 spiro atoms. The van der Waals surface area contributed by atoms with Crippen LogP contribution in [0, 0.1) is 11.8 Å². The second-order valence-corrected chi connectivity index (χ2v) is 9.61. The third-order valence-corrected chi connectivity index (χ3v) is 6.88. The molecular weight excluding hydrogens is 442 g/mol. The Morgan fingerprint density at radius 3 is 2.31 bits per heavy atom. The topological polar surface area (TPSA) is 68.2 Å². The number of benzene rings is 2. The van der Waals surface area contributed by atoms with E-state index in [1.54, 1.807) is 6.26 Å². The second-order valence-electron chi connectivity index (χ2n) is 9.61. The molecule has 0 saturated carbocycles. The molecule has 1 N–H and O–H groups in total. The lowest BCUT2D eigenvalue weighted by atomic mass is 9.75. The van der Waals surface area contributed by atoms with Crippen LogP contribution in [0.3, 0.4) is 0 Å². The summed E-state index contributed by atoms with van der Waals surface area (Å²) in [7, 11) is 0. The maximum Gasteiger partial charge on any atom is 0.359 e. The Bertz CT molecular complexity index is 1060. The highest BCUT2D eigenvalue weighted by atomic mass is 16.7. The highest BCUT2D eigenvalue weighted by Crippen LogP contribution is 2.43. The first-order valence-electron chi connectivity index (χ1n) is 12.4. The van der Waals surface area contributed by atoms with Crippen molar-refractivity contribution in [2.24, 2.45) is 11.8 Å². The lowest BCUT2D eigenvalue weighted by Gasteiger charge is -2.43. The number of hydrogen-bond acceptors (Lipinski definition) is 6. The zero-order valence-electron chi connectivity index (χ0n) is 20.8. The van der Waals surface area contributed by atoms with Gasteiger partial charge in [-0.05, 0) is 42.9 Å². The lowest BCUT2D eigenvalue weighted by molar-refractivity contribution is -0.167. The summed E-state index contributed by atoms with van der Waals surface area (Å²) >= 11 is 0. The van der Waals surface area contributed by atoms with Gasteiger partial charge in [0.25, 0.3) is 0 Å². The Balaban J connectivity index is 1.66. The number of cyclic esters (lactones) is 1. The number of esters is 1. The summed E-state index contributed by atoms with van der Waals surface area (Å²) in [6.45, 7) is 6.90. The molecule has 0 saturated heterocycles. The average Bonchev–Trinajstić information content (AvgIpc) is 3.39. The molecule has 0 amide bonds. The minimum absolute atomic E-state index is 0.0207. The number of carbonyl (C=O) groups is 1. The molecule has 186 valence electrons. The number of para-hydroxylation sites is 1. The molecule has 6 heteroatoms. The molecule has 35 heavy (non-hydrogen) atoms. The van der Waals surface area contributed by atoms with Gasteiger partial charge in [0.1, 0.15) is 23.4 Å². The summed E-state index contributed by atoms with van der Waals surface area (Å²) in [5, 5.41) is 11.3. The van der Waals surface area contributed by atoms with Gasteiger partial charge in [0.2, 0.25) is 6.79 Å². The first-order valence-corrected chi connectivity index (χ1v) is 12.4. The van der Waals surface area contributed by atoms with Crippen molar-refractivity contribution >= 4 is 11.7 Å². The van der Waals surface area contributed by atoms with Crippen LogP contribution in [0.5, 0.6) is 0 Å². The standard InChI is InChI=1S/C29H35NO5/c1-4-15-30(24-13-9-6-10-14-24)27-25(31)18-29(21(2)3,35-28(27)32)17-23(26-19-33-20-34-26)16-22-11-7-5-8-12-22/h5-14,19,21,23,31H,4,15-18,20H2,1-3H3. The SMILES string of the molecule is CCCN(C1=C(O)CC(CC(Cc2ccccc2)C2=COCO2)(C(C)C)OC1=O)c1ccccc1. The highest BCUT2D eigenvalue weighted by molar-refractivity contribution is 5.94. The van der Waals surface area contributed by atoms with E-state index >= 15 is 0 Å². The minimum atomic E-state index is -0.870. The summed E-state index contributed by atoms with van der Waals surface area (Å²) in [5.74, 6) is 0.244. The Kier molecular flexibility index (Phi) is 7.69. The fourth-order valence-electron chi connectivity index (χ4n) is 4.95. The minimum Gasteiger partial charge on any atom is -0.510 e. The van der Waals surface area contributed by atoms with Crippen LogP contribution in [-0.2, 0) is 25.4 Å². The van der Waals surface area contributed by atoms with E-state index in [2.05, 4.69) is 12.1 Å². The van der Waals surface area contributed by atoms with Crippen molar-refractivity contribution in [1.82, 2.24) is 0 Å². The predicted molar refractivity (Wildman–Crippen MR) is 135 cm³/mol. The monoisotopic (exact) mass is 477 g/mol. The van der Waals surface area contributed by atoms with Gasteiger partial charge >= 0.3 is 5.97 Å². The summed E-state index contributed by atoms with van der Waals surface area (Å²) < 4.78 is 17.4. The van der Waals surface area contributed by atoms with Gasteiger partial charge in [0, 0.05) is 24.6 Å². The van der Waals surface area contributed by atoms with Crippen LogP contribution in [-0.4, -0.2) is 30.0 Å². The molecule has 0 bridgehead atoms. The highest BCUT2D eigenvalue weighted by Gasteiger charge is 2.48. The van der Waals surface area contributed by atoms with E-state index in [1.165, 1.54) is 0 Å². The molecule has 4 rings (SSSR count). The Labute approximate surface area is 207 Å². The maximum atomic E-state index is 13.5. The molecule has 2 atom stereocenters. The van der Waals surface area contributed by atoms with E-state index < -0.39 is 11.6 Å². The van der Waals surface area contributed by atoms with E-state index in [-0.39, 0.29) is 36.5 Å². The number of aliphatic hydroxyl groups is 1. The molecule has 2 aliphatic heterocycles. The lowest BCUT2D eigenvalue weighted by Crippen LogP contribution is -2.49. The predicted octanol–water partition coefficient (Wildman–Crippen LogP) is 6.11. The molecule has 2 aromatic carbocycles. The summed E-state index contributed by atoms with van der Waals surface area (Å²) in [4.78, 5) is 15.4. The van der Waals surface area contributed by atoms with Crippen molar-refractivity contribution in [1.29, 1.82) is 0 Å².